The van der Waals surface area contributed by atoms with E-state index in [0.29, 0.717) is 23.8 Å². The maximum atomic E-state index is 6.13. The van der Waals surface area contributed by atoms with Crippen molar-refractivity contribution in [1.82, 2.24) is 10.2 Å². The van der Waals surface area contributed by atoms with Gasteiger partial charge in [0, 0.05) is 38.4 Å². The van der Waals surface area contributed by atoms with Crippen molar-refractivity contribution in [2.75, 3.05) is 46.5 Å². The highest BCUT2D eigenvalue weighted by molar-refractivity contribution is 14.0. The predicted molar refractivity (Wildman–Crippen MR) is 132 cm³/mol. The lowest BCUT2D eigenvalue weighted by Gasteiger charge is -2.34. The van der Waals surface area contributed by atoms with E-state index in [-0.39, 0.29) is 30.1 Å². The van der Waals surface area contributed by atoms with Gasteiger partial charge in [-0.3, -0.25) is 4.99 Å². The first-order valence-electron chi connectivity index (χ1n) is 10.7. The van der Waals surface area contributed by atoms with E-state index in [4.69, 9.17) is 30.8 Å². The molecule has 8 heteroatoms. The number of nitrogens with one attached hydrogen (secondary N) is 1. The highest BCUT2D eigenvalue weighted by Gasteiger charge is 2.24. The monoisotopic (exact) mass is 551 g/mol. The number of benzene rings is 1. The molecule has 1 aromatic carbocycles. The molecule has 2 saturated heterocycles. The predicted octanol–water partition coefficient (Wildman–Crippen LogP) is 4.27. The summed E-state index contributed by atoms with van der Waals surface area (Å²) in [5, 5.41) is 4.13. The van der Waals surface area contributed by atoms with Gasteiger partial charge in [0.2, 0.25) is 0 Å². The Labute approximate surface area is 202 Å². The molecule has 2 heterocycles. The molecule has 2 aliphatic rings. The molecular formula is C22H35ClIN3O3. The summed E-state index contributed by atoms with van der Waals surface area (Å²) >= 11 is 6.13. The van der Waals surface area contributed by atoms with E-state index in [0.717, 1.165) is 70.1 Å². The fraction of sp³-hybridized carbons (Fsp3) is 0.682. The van der Waals surface area contributed by atoms with E-state index in [1.54, 1.807) is 7.11 Å². The summed E-state index contributed by atoms with van der Waals surface area (Å²) in [4.78, 5) is 7.17. The Morgan fingerprint density at radius 2 is 2.13 bits per heavy atom. The van der Waals surface area contributed by atoms with Crippen molar-refractivity contribution in [3.8, 4) is 0 Å². The van der Waals surface area contributed by atoms with Gasteiger partial charge >= 0.3 is 0 Å². The summed E-state index contributed by atoms with van der Waals surface area (Å²) in [5.74, 6) is 0.939. The number of guanidine groups is 1. The zero-order valence-corrected chi connectivity index (χ0v) is 21.1. The lowest BCUT2D eigenvalue weighted by Crippen LogP contribution is -2.47. The second-order valence-corrected chi connectivity index (χ2v) is 8.07. The molecule has 2 fully saturated rings. The van der Waals surface area contributed by atoms with Crippen molar-refractivity contribution >= 4 is 41.5 Å². The van der Waals surface area contributed by atoms with Crippen LogP contribution in [0.15, 0.2) is 29.3 Å². The molecule has 3 rings (SSSR count). The van der Waals surface area contributed by atoms with Crippen molar-refractivity contribution in [3.05, 3.63) is 34.9 Å². The highest BCUT2D eigenvalue weighted by Crippen LogP contribution is 2.21. The third-order valence-electron chi connectivity index (χ3n) is 5.53. The van der Waals surface area contributed by atoms with E-state index in [2.05, 4.69) is 17.1 Å². The van der Waals surface area contributed by atoms with Gasteiger partial charge in [-0.05, 0) is 50.3 Å². The van der Waals surface area contributed by atoms with Gasteiger partial charge in [-0.15, -0.1) is 24.0 Å². The molecule has 2 atom stereocenters. The number of methoxy groups -OCH3 is 1. The average molecular weight is 552 g/mol. The van der Waals surface area contributed by atoms with Crippen LogP contribution in [0.3, 0.4) is 0 Å². The third kappa shape index (κ3) is 7.82. The molecule has 1 N–H and O–H groups in total. The third-order valence-corrected chi connectivity index (χ3v) is 5.77. The van der Waals surface area contributed by atoms with Gasteiger partial charge in [0.25, 0.3) is 0 Å². The molecule has 6 nitrogen and oxygen atoms in total. The van der Waals surface area contributed by atoms with Gasteiger partial charge in [0.1, 0.15) is 6.10 Å². The van der Waals surface area contributed by atoms with Crippen LogP contribution in [0.1, 0.15) is 44.3 Å². The maximum Gasteiger partial charge on any atom is 0.194 e. The van der Waals surface area contributed by atoms with Crippen LogP contribution < -0.4 is 5.32 Å². The Balaban J connectivity index is 0.00000320. The molecule has 0 spiro atoms. The van der Waals surface area contributed by atoms with Crippen LogP contribution in [0.2, 0.25) is 5.02 Å². The molecule has 0 aromatic heterocycles. The minimum Gasteiger partial charge on any atom is -0.376 e. The standard InChI is InChI=1S/C22H34ClN3O3.HI/c1-3-24-22(25-15-21(27-2)17-6-4-7-18(23)14-17)26-11-9-19(10-12-26)29-16-20-8-5-13-28-20;/h4,6-7,14,19-21H,3,5,8-13,15-16H2,1-2H3,(H,24,25);1H. The van der Waals surface area contributed by atoms with Crippen LogP contribution in [0.4, 0.5) is 0 Å². The number of hydrogen-bond acceptors (Lipinski definition) is 4. The summed E-state index contributed by atoms with van der Waals surface area (Å²) < 4.78 is 17.4. The number of piperidine rings is 1. The number of rotatable bonds is 8. The number of ether oxygens (including phenoxy) is 3. The average Bonchev–Trinajstić information content (AvgIpc) is 3.26. The van der Waals surface area contributed by atoms with Crippen LogP contribution in [-0.4, -0.2) is 69.6 Å². The van der Waals surface area contributed by atoms with E-state index in [9.17, 15) is 0 Å². The summed E-state index contributed by atoms with van der Waals surface area (Å²) in [6.07, 6.45) is 4.81. The van der Waals surface area contributed by atoms with Crippen molar-refractivity contribution in [1.29, 1.82) is 0 Å². The maximum absolute atomic E-state index is 6.13. The van der Waals surface area contributed by atoms with Gasteiger partial charge in [0.05, 0.1) is 25.4 Å². The Bertz CT molecular complexity index is 650. The fourth-order valence-electron chi connectivity index (χ4n) is 3.87. The van der Waals surface area contributed by atoms with E-state index < -0.39 is 0 Å². The van der Waals surface area contributed by atoms with Gasteiger partial charge in [-0.1, -0.05) is 23.7 Å². The Morgan fingerprint density at radius 3 is 2.77 bits per heavy atom. The van der Waals surface area contributed by atoms with Gasteiger partial charge in [-0.25, -0.2) is 0 Å². The normalized spacial score (nSPS) is 21.4. The topological polar surface area (TPSA) is 55.3 Å². The molecule has 0 aliphatic carbocycles. The van der Waals surface area contributed by atoms with E-state index in [1.807, 2.05) is 24.3 Å². The molecule has 2 unspecified atom stereocenters. The largest absolute Gasteiger partial charge is 0.376 e. The molecule has 0 radical (unpaired) electrons. The Kier molecular flexibility index (Phi) is 11.7. The molecule has 2 aliphatic heterocycles. The van der Waals surface area contributed by atoms with Crippen molar-refractivity contribution in [3.63, 3.8) is 0 Å². The Hall–Kier alpha value is -0.610. The van der Waals surface area contributed by atoms with Crippen molar-refractivity contribution in [2.45, 2.75) is 50.9 Å². The molecule has 30 heavy (non-hydrogen) atoms. The minimum atomic E-state index is -0.116. The number of hydrogen-bond donors (Lipinski definition) is 1. The van der Waals surface area contributed by atoms with Crippen molar-refractivity contribution in [2.24, 2.45) is 4.99 Å². The van der Waals surface area contributed by atoms with Crippen LogP contribution in [0.5, 0.6) is 0 Å². The summed E-state index contributed by atoms with van der Waals surface area (Å²) in [5.41, 5.74) is 1.04. The summed E-state index contributed by atoms with van der Waals surface area (Å²) in [7, 11) is 1.71. The number of halogens is 2. The zero-order chi connectivity index (χ0) is 20.5. The number of nitrogens with zero attached hydrogens (tertiary/aromatic N) is 2. The summed E-state index contributed by atoms with van der Waals surface area (Å²) in [6, 6.07) is 7.78. The first-order chi connectivity index (χ1) is 14.2. The molecule has 0 bridgehead atoms. The molecule has 0 amide bonds. The molecule has 0 saturated carbocycles. The van der Waals surface area contributed by atoms with Gasteiger partial charge < -0.3 is 24.4 Å². The van der Waals surface area contributed by atoms with E-state index >= 15 is 0 Å². The van der Waals surface area contributed by atoms with Crippen LogP contribution in [-0.2, 0) is 14.2 Å². The van der Waals surface area contributed by atoms with Crippen molar-refractivity contribution < 1.29 is 14.2 Å². The summed E-state index contributed by atoms with van der Waals surface area (Å²) in [6.45, 7) is 6.98. The van der Waals surface area contributed by atoms with Gasteiger partial charge in [-0.2, -0.15) is 0 Å². The Morgan fingerprint density at radius 1 is 1.33 bits per heavy atom. The highest BCUT2D eigenvalue weighted by atomic mass is 127. The quantitative estimate of drug-likeness (QED) is 0.297. The zero-order valence-electron chi connectivity index (χ0n) is 18.0. The van der Waals surface area contributed by atoms with Gasteiger partial charge in [0.15, 0.2) is 5.96 Å². The molecular weight excluding hydrogens is 517 g/mol. The van der Waals surface area contributed by atoms with Crippen LogP contribution in [0, 0.1) is 0 Å². The minimum absolute atomic E-state index is 0. The van der Waals surface area contributed by atoms with Crippen LogP contribution >= 0.6 is 35.6 Å². The van der Waals surface area contributed by atoms with Crippen LogP contribution in [0.25, 0.3) is 0 Å². The SMILES string of the molecule is CCNC(=NCC(OC)c1cccc(Cl)c1)N1CCC(OCC2CCCO2)CC1.I. The second-order valence-electron chi connectivity index (χ2n) is 7.63. The smallest absolute Gasteiger partial charge is 0.194 e. The first kappa shape index (κ1) is 25.6. The number of likely N-dealkylation sites (tertiary alicyclic amines) is 1. The number of aliphatic imine (C=N–C) groups is 1. The second kappa shape index (κ2) is 13.7. The van der Waals surface area contributed by atoms with E-state index in [1.165, 1.54) is 0 Å². The molecule has 170 valence electrons. The lowest BCUT2D eigenvalue weighted by molar-refractivity contribution is -0.0367. The lowest BCUT2D eigenvalue weighted by atomic mass is 10.1. The molecule has 1 aromatic rings. The first-order valence-corrected chi connectivity index (χ1v) is 11.1. The fourth-order valence-corrected chi connectivity index (χ4v) is 4.07.